The smallest absolute Gasteiger partial charge is 0.208 e. The number of unbranched alkanes of at least 4 members (excludes halogenated alkanes) is 2. The van der Waals surface area contributed by atoms with Crippen LogP contribution in [0.4, 0.5) is 5.69 Å². The van der Waals surface area contributed by atoms with Crippen LogP contribution >= 0.6 is 24.8 Å². The molecule has 1 aliphatic rings. The zero-order valence-electron chi connectivity index (χ0n) is 15.0. The molecule has 0 aromatic heterocycles. The van der Waals surface area contributed by atoms with Crippen LogP contribution in [-0.4, -0.2) is 39.7 Å². The van der Waals surface area contributed by atoms with Crippen LogP contribution in [0.15, 0.2) is 23.2 Å². The molecule has 0 saturated heterocycles. The second kappa shape index (κ2) is 11.6. The molecule has 26 heavy (non-hydrogen) atoms. The van der Waals surface area contributed by atoms with E-state index in [-0.39, 0.29) is 30.9 Å². The summed E-state index contributed by atoms with van der Waals surface area (Å²) in [5.74, 6) is 1.26. The highest BCUT2D eigenvalue weighted by atomic mass is 35.5. The average Bonchev–Trinajstić information content (AvgIpc) is 2.50. The van der Waals surface area contributed by atoms with E-state index in [0.29, 0.717) is 12.4 Å². The fourth-order valence-corrected chi connectivity index (χ4v) is 2.90. The number of amidine groups is 1. The number of rotatable bonds is 9. The van der Waals surface area contributed by atoms with E-state index in [0.717, 1.165) is 49.4 Å². The van der Waals surface area contributed by atoms with Crippen LogP contribution in [0.3, 0.4) is 0 Å². The molecule has 7 nitrogen and oxygen atoms in total. The second-order valence-corrected chi connectivity index (χ2v) is 7.84. The first-order chi connectivity index (χ1) is 11.3. The minimum atomic E-state index is -3.07. The van der Waals surface area contributed by atoms with Gasteiger partial charge in [0.2, 0.25) is 10.0 Å². The van der Waals surface area contributed by atoms with Crippen LogP contribution in [0.25, 0.3) is 0 Å². The molecule has 0 spiro atoms. The van der Waals surface area contributed by atoms with Gasteiger partial charge in [-0.2, -0.15) is 0 Å². The SMILES string of the molecule is CC1Oc2ccc(CNCCCCCNS(C)(=O)=O)cc2N=C1N.Cl.Cl. The third-order valence-corrected chi connectivity index (χ3v) is 4.45. The number of fused-ring (bicyclic) bond motifs is 1. The van der Waals surface area contributed by atoms with Crippen LogP contribution < -0.4 is 20.5 Å². The monoisotopic (exact) mass is 426 g/mol. The number of nitrogens with zero attached hydrogens (tertiary/aromatic N) is 1. The number of halogens is 2. The molecule has 150 valence electrons. The molecule has 1 aliphatic heterocycles. The molecule has 0 amide bonds. The second-order valence-electron chi connectivity index (χ2n) is 6.00. The largest absolute Gasteiger partial charge is 0.481 e. The Kier molecular flexibility index (Phi) is 11.1. The fourth-order valence-electron chi connectivity index (χ4n) is 2.38. The van der Waals surface area contributed by atoms with Gasteiger partial charge in [0, 0.05) is 13.1 Å². The van der Waals surface area contributed by atoms with Crippen molar-refractivity contribution >= 4 is 46.4 Å². The minimum Gasteiger partial charge on any atom is -0.481 e. The zero-order chi connectivity index (χ0) is 17.6. The van der Waals surface area contributed by atoms with E-state index in [2.05, 4.69) is 15.0 Å². The average molecular weight is 427 g/mol. The lowest BCUT2D eigenvalue weighted by Crippen LogP contribution is -2.33. The van der Waals surface area contributed by atoms with E-state index in [9.17, 15) is 8.42 Å². The van der Waals surface area contributed by atoms with Crippen LogP contribution in [0.1, 0.15) is 31.7 Å². The number of benzene rings is 1. The normalized spacial score (nSPS) is 15.8. The number of hydrogen-bond acceptors (Lipinski definition) is 6. The number of sulfonamides is 1. The molecular formula is C16H28Cl2N4O3S. The van der Waals surface area contributed by atoms with Crippen LogP contribution in [0.2, 0.25) is 0 Å². The molecular weight excluding hydrogens is 399 g/mol. The van der Waals surface area contributed by atoms with E-state index in [4.69, 9.17) is 10.5 Å². The fraction of sp³-hybridized carbons (Fsp3) is 0.562. The lowest BCUT2D eigenvalue weighted by Gasteiger charge is -2.21. The molecule has 0 saturated carbocycles. The molecule has 10 heteroatoms. The molecule has 4 N–H and O–H groups in total. The Morgan fingerprint density at radius 1 is 1.19 bits per heavy atom. The number of nitrogens with two attached hydrogens (primary N) is 1. The summed E-state index contributed by atoms with van der Waals surface area (Å²) in [6.45, 7) is 4.01. The maximum absolute atomic E-state index is 10.9. The molecule has 0 aliphatic carbocycles. The van der Waals surface area contributed by atoms with Crippen molar-refractivity contribution in [2.45, 2.75) is 38.8 Å². The lowest BCUT2D eigenvalue weighted by atomic mass is 10.1. The van der Waals surface area contributed by atoms with Gasteiger partial charge in [-0.25, -0.2) is 18.1 Å². The van der Waals surface area contributed by atoms with Crippen molar-refractivity contribution in [3.05, 3.63) is 23.8 Å². The summed E-state index contributed by atoms with van der Waals surface area (Å²) < 4.78 is 30.0. The van der Waals surface area contributed by atoms with Gasteiger partial charge in [0.05, 0.1) is 6.26 Å². The van der Waals surface area contributed by atoms with Gasteiger partial charge in [0.25, 0.3) is 0 Å². The summed E-state index contributed by atoms with van der Waals surface area (Å²) in [5, 5.41) is 3.38. The molecule has 1 heterocycles. The van der Waals surface area contributed by atoms with Crippen molar-refractivity contribution in [2.24, 2.45) is 10.7 Å². The Balaban J connectivity index is 0.00000312. The summed E-state index contributed by atoms with van der Waals surface area (Å²) in [5.41, 5.74) is 7.72. The van der Waals surface area contributed by atoms with Crippen molar-refractivity contribution in [1.29, 1.82) is 0 Å². The maximum Gasteiger partial charge on any atom is 0.208 e. The van der Waals surface area contributed by atoms with Gasteiger partial charge in [0.15, 0.2) is 6.10 Å². The van der Waals surface area contributed by atoms with E-state index in [1.54, 1.807) is 0 Å². The Bertz CT molecular complexity index is 699. The van der Waals surface area contributed by atoms with E-state index >= 15 is 0 Å². The number of hydrogen-bond donors (Lipinski definition) is 3. The summed E-state index contributed by atoms with van der Waals surface area (Å²) in [7, 11) is -3.07. The molecule has 0 fully saturated rings. The van der Waals surface area contributed by atoms with Gasteiger partial charge in [-0.05, 0) is 44.0 Å². The zero-order valence-corrected chi connectivity index (χ0v) is 17.5. The standard InChI is InChI=1S/C16H26N4O3S.2ClH/c1-12-16(17)20-14-10-13(6-7-15(14)23-12)11-18-8-4-3-5-9-19-24(2,21)22;;/h6-7,10,12,18-19H,3-5,8-9,11H2,1-2H3,(H2,17,20);2*1H. The number of nitrogens with one attached hydrogen (secondary N) is 2. The molecule has 0 bridgehead atoms. The van der Waals surface area contributed by atoms with Crippen molar-refractivity contribution in [2.75, 3.05) is 19.3 Å². The van der Waals surface area contributed by atoms with Crippen molar-refractivity contribution in [3.8, 4) is 5.75 Å². The third kappa shape index (κ3) is 8.55. The predicted molar refractivity (Wildman–Crippen MR) is 111 cm³/mol. The van der Waals surface area contributed by atoms with E-state index in [1.807, 2.05) is 25.1 Å². The third-order valence-electron chi connectivity index (χ3n) is 3.72. The Morgan fingerprint density at radius 2 is 1.88 bits per heavy atom. The van der Waals surface area contributed by atoms with Crippen molar-refractivity contribution < 1.29 is 13.2 Å². The predicted octanol–water partition coefficient (Wildman–Crippen LogP) is 2.11. The van der Waals surface area contributed by atoms with Crippen LogP contribution in [0.5, 0.6) is 5.75 Å². The Morgan fingerprint density at radius 3 is 2.58 bits per heavy atom. The van der Waals surface area contributed by atoms with Gasteiger partial charge in [0.1, 0.15) is 17.3 Å². The quantitative estimate of drug-likeness (QED) is 0.524. The van der Waals surface area contributed by atoms with Gasteiger partial charge < -0.3 is 15.8 Å². The summed E-state index contributed by atoms with van der Waals surface area (Å²) in [4.78, 5) is 4.37. The van der Waals surface area contributed by atoms with Crippen LogP contribution in [0, 0.1) is 0 Å². The number of aliphatic imine (C=N–C) groups is 1. The summed E-state index contributed by atoms with van der Waals surface area (Å²) in [6.07, 6.45) is 3.82. The lowest BCUT2D eigenvalue weighted by molar-refractivity contribution is 0.281. The molecule has 0 radical (unpaired) electrons. The van der Waals surface area contributed by atoms with E-state index < -0.39 is 10.0 Å². The first kappa shape index (κ1) is 24.9. The van der Waals surface area contributed by atoms with Crippen molar-refractivity contribution in [3.63, 3.8) is 0 Å². The van der Waals surface area contributed by atoms with E-state index in [1.165, 1.54) is 6.26 Å². The maximum atomic E-state index is 10.9. The first-order valence-corrected chi connectivity index (χ1v) is 10.0. The molecule has 1 aromatic carbocycles. The highest BCUT2D eigenvalue weighted by Crippen LogP contribution is 2.32. The van der Waals surface area contributed by atoms with Gasteiger partial charge in [-0.3, -0.25) is 0 Å². The Hall–Kier alpha value is -1.06. The van der Waals surface area contributed by atoms with Crippen molar-refractivity contribution in [1.82, 2.24) is 10.0 Å². The first-order valence-electron chi connectivity index (χ1n) is 8.14. The summed E-state index contributed by atoms with van der Waals surface area (Å²) in [6, 6.07) is 5.93. The molecule has 1 aromatic rings. The summed E-state index contributed by atoms with van der Waals surface area (Å²) >= 11 is 0. The Labute approximate surface area is 168 Å². The van der Waals surface area contributed by atoms with Gasteiger partial charge >= 0.3 is 0 Å². The topological polar surface area (TPSA) is 106 Å². The highest BCUT2D eigenvalue weighted by Gasteiger charge is 2.17. The minimum absolute atomic E-state index is 0. The van der Waals surface area contributed by atoms with Crippen LogP contribution in [-0.2, 0) is 16.6 Å². The molecule has 2 rings (SSSR count). The highest BCUT2D eigenvalue weighted by molar-refractivity contribution is 7.88. The number of ether oxygens (including phenoxy) is 1. The van der Waals surface area contributed by atoms with Gasteiger partial charge in [-0.15, -0.1) is 24.8 Å². The molecule has 1 unspecified atom stereocenters. The van der Waals surface area contributed by atoms with Gasteiger partial charge in [-0.1, -0.05) is 12.5 Å². The molecule has 1 atom stereocenters.